The summed E-state index contributed by atoms with van der Waals surface area (Å²) < 4.78 is 5.34. The normalized spacial score (nSPS) is 50.3. The van der Waals surface area contributed by atoms with Crippen LogP contribution in [0, 0.1) is 29.1 Å². The number of nitrogens with one attached hydrogen (secondary N) is 1. The van der Waals surface area contributed by atoms with Crippen molar-refractivity contribution in [1.82, 2.24) is 5.32 Å². The third-order valence-electron chi connectivity index (χ3n) is 6.12. The summed E-state index contributed by atoms with van der Waals surface area (Å²) in [5.74, 6) is 4.32. The maximum Gasteiger partial charge on any atom is 0.0554 e. The third-order valence-corrected chi connectivity index (χ3v) is 6.12. The Hall–Kier alpha value is -0.0800. The SMILES string of the molecule is CC1(CNC2CC3CC2C2CCCC32)COC1. The molecule has 2 heteroatoms. The van der Waals surface area contributed by atoms with Gasteiger partial charge in [-0.1, -0.05) is 13.3 Å². The van der Waals surface area contributed by atoms with E-state index in [1.165, 1.54) is 25.8 Å². The van der Waals surface area contributed by atoms with Crippen LogP contribution >= 0.6 is 0 Å². The molecule has 3 saturated carbocycles. The van der Waals surface area contributed by atoms with Crippen LogP contribution in [0.5, 0.6) is 0 Å². The highest BCUT2D eigenvalue weighted by atomic mass is 16.5. The van der Waals surface area contributed by atoms with E-state index in [1.807, 2.05) is 0 Å². The highest BCUT2D eigenvalue weighted by Gasteiger charge is 2.53. The van der Waals surface area contributed by atoms with Crippen molar-refractivity contribution in [2.24, 2.45) is 29.1 Å². The van der Waals surface area contributed by atoms with Gasteiger partial charge < -0.3 is 10.1 Å². The van der Waals surface area contributed by atoms with E-state index in [0.717, 1.165) is 42.9 Å². The number of rotatable bonds is 3. The molecule has 0 amide bonds. The van der Waals surface area contributed by atoms with E-state index in [4.69, 9.17) is 4.74 Å². The highest BCUT2D eigenvalue weighted by Crippen LogP contribution is 2.58. The number of ether oxygens (including phenoxy) is 1. The molecule has 0 aromatic carbocycles. The van der Waals surface area contributed by atoms with Gasteiger partial charge in [-0.3, -0.25) is 0 Å². The van der Waals surface area contributed by atoms with E-state index < -0.39 is 0 Å². The minimum absolute atomic E-state index is 0.441. The second kappa shape index (κ2) is 3.71. The first-order valence-corrected chi connectivity index (χ1v) is 7.56. The summed E-state index contributed by atoms with van der Waals surface area (Å²) >= 11 is 0. The predicted octanol–water partition coefficient (Wildman–Crippen LogP) is 2.44. The largest absolute Gasteiger partial charge is 0.380 e. The van der Waals surface area contributed by atoms with Gasteiger partial charge in [0.2, 0.25) is 0 Å². The third kappa shape index (κ3) is 1.60. The molecule has 1 N–H and O–H groups in total. The molecule has 5 unspecified atom stereocenters. The Labute approximate surface area is 104 Å². The number of hydrogen-bond donors (Lipinski definition) is 1. The van der Waals surface area contributed by atoms with Crippen molar-refractivity contribution in [3.63, 3.8) is 0 Å². The van der Waals surface area contributed by atoms with E-state index >= 15 is 0 Å². The van der Waals surface area contributed by atoms with Crippen molar-refractivity contribution < 1.29 is 4.74 Å². The minimum Gasteiger partial charge on any atom is -0.380 e. The second-order valence-electron chi connectivity index (χ2n) is 7.44. The molecule has 0 aromatic rings. The molecular weight excluding hydrogens is 210 g/mol. The molecule has 96 valence electrons. The van der Waals surface area contributed by atoms with Crippen LogP contribution in [0.4, 0.5) is 0 Å². The van der Waals surface area contributed by atoms with Gasteiger partial charge in [0.05, 0.1) is 13.2 Å². The van der Waals surface area contributed by atoms with Gasteiger partial charge in [0.25, 0.3) is 0 Å². The van der Waals surface area contributed by atoms with Crippen molar-refractivity contribution in [2.75, 3.05) is 19.8 Å². The zero-order valence-corrected chi connectivity index (χ0v) is 11.0. The van der Waals surface area contributed by atoms with Crippen LogP contribution in [-0.2, 0) is 4.74 Å². The Bertz CT molecular complexity index is 312. The summed E-state index contributed by atoms with van der Waals surface area (Å²) in [5, 5.41) is 3.89. The highest BCUT2D eigenvalue weighted by molar-refractivity contribution is 5.05. The van der Waals surface area contributed by atoms with Crippen LogP contribution in [0.3, 0.4) is 0 Å². The lowest BCUT2D eigenvalue weighted by Gasteiger charge is -2.41. The first-order valence-electron chi connectivity index (χ1n) is 7.56. The molecule has 0 aromatic heterocycles. The van der Waals surface area contributed by atoms with Crippen molar-refractivity contribution in [2.45, 2.75) is 45.1 Å². The summed E-state index contributed by atoms with van der Waals surface area (Å²) in [7, 11) is 0. The van der Waals surface area contributed by atoms with Gasteiger partial charge in [0.1, 0.15) is 0 Å². The zero-order chi connectivity index (χ0) is 11.5. The standard InChI is InChI=1S/C15H25NO/c1-15(8-17-9-15)7-16-14-6-10-5-13(14)12-4-2-3-11(10)12/h10-14,16H,2-9H2,1H3. The Morgan fingerprint density at radius 2 is 1.94 bits per heavy atom. The summed E-state index contributed by atoms with van der Waals surface area (Å²) in [6, 6.07) is 0.844. The van der Waals surface area contributed by atoms with Crippen molar-refractivity contribution >= 4 is 0 Å². The number of hydrogen-bond acceptors (Lipinski definition) is 2. The fraction of sp³-hybridized carbons (Fsp3) is 1.00. The lowest BCUT2D eigenvalue weighted by atomic mass is 9.78. The predicted molar refractivity (Wildman–Crippen MR) is 67.8 cm³/mol. The first kappa shape index (κ1) is 10.8. The Morgan fingerprint density at radius 3 is 2.71 bits per heavy atom. The second-order valence-corrected chi connectivity index (χ2v) is 7.44. The van der Waals surface area contributed by atoms with Crippen LogP contribution < -0.4 is 5.32 Å². The topological polar surface area (TPSA) is 21.3 Å². The van der Waals surface area contributed by atoms with Gasteiger partial charge in [-0.2, -0.15) is 0 Å². The van der Waals surface area contributed by atoms with Gasteiger partial charge in [0, 0.05) is 18.0 Å². The van der Waals surface area contributed by atoms with Crippen LogP contribution in [-0.4, -0.2) is 25.8 Å². The molecule has 1 heterocycles. The molecule has 2 bridgehead atoms. The van der Waals surface area contributed by atoms with E-state index in [9.17, 15) is 0 Å². The fourth-order valence-electron chi connectivity index (χ4n) is 5.23. The zero-order valence-electron chi connectivity index (χ0n) is 11.0. The van der Waals surface area contributed by atoms with Gasteiger partial charge in [0.15, 0.2) is 0 Å². The maximum atomic E-state index is 5.34. The lowest BCUT2D eigenvalue weighted by Crippen LogP contribution is -2.51. The minimum atomic E-state index is 0.441. The molecule has 5 atom stereocenters. The molecule has 2 nitrogen and oxygen atoms in total. The van der Waals surface area contributed by atoms with Gasteiger partial charge in [-0.25, -0.2) is 0 Å². The Kier molecular flexibility index (Phi) is 2.36. The van der Waals surface area contributed by atoms with Gasteiger partial charge in [-0.05, 0) is 49.4 Å². The van der Waals surface area contributed by atoms with Crippen LogP contribution in [0.2, 0.25) is 0 Å². The van der Waals surface area contributed by atoms with Crippen molar-refractivity contribution in [3.8, 4) is 0 Å². The smallest absolute Gasteiger partial charge is 0.0554 e. The monoisotopic (exact) mass is 235 g/mol. The average molecular weight is 235 g/mol. The van der Waals surface area contributed by atoms with Gasteiger partial charge in [-0.15, -0.1) is 0 Å². The molecule has 4 fully saturated rings. The van der Waals surface area contributed by atoms with E-state index in [1.54, 1.807) is 12.8 Å². The summed E-state index contributed by atoms with van der Waals surface area (Å²) in [5.41, 5.74) is 0.441. The van der Waals surface area contributed by atoms with E-state index in [-0.39, 0.29) is 0 Å². The van der Waals surface area contributed by atoms with Crippen LogP contribution in [0.1, 0.15) is 39.0 Å². The molecule has 1 aliphatic heterocycles. The summed E-state index contributed by atoms with van der Waals surface area (Å²) in [6.07, 6.45) is 7.61. The van der Waals surface area contributed by atoms with Crippen molar-refractivity contribution in [3.05, 3.63) is 0 Å². The Balaban J connectivity index is 1.37. The average Bonchev–Trinajstić information content (AvgIpc) is 2.94. The molecule has 4 aliphatic rings. The first-order chi connectivity index (χ1) is 8.25. The lowest BCUT2D eigenvalue weighted by molar-refractivity contribution is -0.101. The van der Waals surface area contributed by atoms with Gasteiger partial charge >= 0.3 is 0 Å². The fourth-order valence-corrected chi connectivity index (χ4v) is 5.23. The quantitative estimate of drug-likeness (QED) is 0.811. The molecule has 4 rings (SSSR count). The summed E-state index contributed by atoms with van der Waals surface area (Å²) in [6.45, 7) is 5.47. The molecule has 0 spiro atoms. The van der Waals surface area contributed by atoms with Crippen LogP contribution in [0.25, 0.3) is 0 Å². The van der Waals surface area contributed by atoms with E-state index in [2.05, 4.69) is 12.2 Å². The summed E-state index contributed by atoms with van der Waals surface area (Å²) in [4.78, 5) is 0. The van der Waals surface area contributed by atoms with Crippen LogP contribution in [0.15, 0.2) is 0 Å². The van der Waals surface area contributed by atoms with Crippen molar-refractivity contribution in [1.29, 1.82) is 0 Å². The molecular formula is C15H25NO. The molecule has 3 aliphatic carbocycles. The maximum absolute atomic E-state index is 5.34. The van der Waals surface area contributed by atoms with E-state index in [0.29, 0.717) is 5.41 Å². The number of fused-ring (bicyclic) bond motifs is 5. The molecule has 0 radical (unpaired) electrons. The Morgan fingerprint density at radius 1 is 1.12 bits per heavy atom. The molecule has 17 heavy (non-hydrogen) atoms. The molecule has 1 saturated heterocycles.